The van der Waals surface area contributed by atoms with E-state index in [9.17, 15) is 0 Å². The predicted molar refractivity (Wildman–Crippen MR) is 73.0 cm³/mol. The Morgan fingerprint density at radius 1 is 1.26 bits per heavy atom. The number of piperazine rings is 1. The third-order valence-electron chi connectivity index (χ3n) is 4.33. The van der Waals surface area contributed by atoms with Gasteiger partial charge < -0.3 is 4.74 Å². The predicted octanol–water partition coefficient (Wildman–Crippen LogP) is 1.15. The number of likely N-dealkylation sites (tertiary alicyclic amines) is 2. The summed E-state index contributed by atoms with van der Waals surface area (Å²) in [5, 5.41) is 0. The maximum Gasteiger partial charge on any atom is 0.316 e. The summed E-state index contributed by atoms with van der Waals surface area (Å²) in [6.07, 6.45) is 5.10. The number of hydrogen-bond acceptors (Lipinski definition) is 5. The van der Waals surface area contributed by atoms with Crippen LogP contribution in [0.2, 0.25) is 0 Å². The molecule has 2 fully saturated rings. The molecule has 0 radical (unpaired) electrons. The van der Waals surface area contributed by atoms with E-state index in [1.54, 1.807) is 7.11 Å². The van der Waals surface area contributed by atoms with Gasteiger partial charge in [0.2, 0.25) is 0 Å². The number of ether oxygens (including phenoxy) is 1. The van der Waals surface area contributed by atoms with Crippen molar-refractivity contribution >= 4 is 0 Å². The maximum absolute atomic E-state index is 4.99. The molecule has 3 heterocycles. The van der Waals surface area contributed by atoms with Crippen molar-refractivity contribution in [1.82, 2.24) is 19.8 Å². The molecule has 2 atom stereocenters. The third-order valence-corrected chi connectivity index (χ3v) is 4.33. The van der Waals surface area contributed by atoms with Gasteiger partial charge in [0.1, 0.15) is 0 Å². The van der Waals surface area contributed by atoms with Crippen molar-refractivity contribution in [3.05, 3.63) is 18.0 Å². The van der Waals surface area contributed by atoms with Gasteiger partial charge in [-0.2, -0.15) is 0 Å². The first-order chi connectivity index (χ1) is 9.17. The molecule has 2 unspecified atom stereocenters. The molecule has 5 nitrogen and oxygen atoms in total. The molecule has 0 aromatic carbocycles. The van der Waals surface area contributed by atoms with E-state index in [2.05, 4.69) is 33.6 Å². The molecule has 3 rings (SSSR count). The molecule has 0 N–H and O–H groups in total. The minimum Gasteiger partial charge on any atom is -0.467 e. The quantitative estimate of drug-likeness (QED) is 0.814. The van der Waals surface area contributed by atoms with Crippen LogP contribution < -0.4 is 4.74 Å². The van der Waals surface area contributed by atoms with E-state index in [4.69, 9.17) is 4.74 Å². The van der Waals surface area contributed by atoms with Crippen LogP contribution in [0.3, 0.4) is 0 Å². The van der Waals surface area contributed by atoms with Gasteiger partial charge in [0, 0.05) is 55.7 Å². The molecule has 0 spiro atoms. The lowest BCUT2D eigenvalue weighted by atomic mass is 9.86. The minimum atomic E-state index is 0.443. The largest absolute Gasteiger partial charge is 0.467 e. The van der Waals surface area contributed by atoms with Gasteiger partial charge >= 0.3 is 6.01 Å². The summed E-state index contributed by atoms with van der Waals surface area (Å²) >= 11 is 0. The van der Waals surface area contributed by atoms with Crippen LogP contribution in [-0.2, 0) is 6.54 Å². The first-order valence-corrected chi connectivity index (χ1v) is 7.02. The number of hydrogen-bond donors (Lipinski definition) is 0. The monoisotopic (exact) mass is 262 g/mol. The number of nitrogens with zero attached hydrogens (tertiary/aromatic N) is 4. The maximum atomic E-state index is 4.99. The van der Waals surface area contributed by atoms with E-state index in [-0.39, 0.29) is 0 Å². The summed E-state index contributed by atoms with van der Waals surface area (Å²) in [4.78, 5) is 13.5. The van der Waals surface area contributed by atoms with Crippen molar-refractivity contribution in [2.75, 3.05) is 20.2 Å². The zero-order valence-corrected chi connectivity index (χ0v) is 11.9. The fourth-order valence-electron chi connectivity index (χ4n) is 3.14. The first-order valence-electron chi connectivity index (χ1n) is 7.02. The second-order valence-electron chi connectivity index (χ2n) is 5.84. The Bertz CT molecular complexity index is 422. The molecule has 0 saturated carbocycles. The van der Waals surface area contributed by atoms with Crippen molar-refractivity contribution in [2.24, 2.45) is 0 Å². The summed E-state index contributed by atoms with van der Waals surface area (Å²) in [5.41, 5.74) is 1.17. The van der Waals surface area contributed by atoms with Gasteiger partial charge in [-0.25, -0.2) is 9.97 Å². The fourth-order valence-corrected chi connectivity index (χ4v) is 3.14. The van der Waals surface area contributed by atoms with E-state index >= 15 is 0 Å². The van der Waals surface area contributed by atoms with Gasteiger partial charge in [-0.15, -0.1) is 0 Å². The Hall–Kier alpha value is -1.20. The van der Waals surface area contributed by atoms with E-state index < -0.39 is 0 Å². The summed E-state index contributed by atoms with van der Waals surface area (Å²) in [7, 11) is 1.59. The van der Waals surface area contributed by atoms with Crippen LogP contribution in [0.1, 0.15) is 25.8 Å². The molecule has 19 heavy (non-hydrogen) atoms. The Kier molecular flexibility index (Phi) is 3.41. The lowest BCUT2D eigenvalue weighted by Crippen LogP contribution is -2.68. The van der Waals surface area contributed by atoms with Gasteiger partial charge in [-0.1, -0.05) is 0 Å². The van der Waals surface area contributed by atoms with Crippen molar-refractivity contribution in [3.8, 4) is 6.01 Å². The number of aromatic nitrogens is 2. The molecule has 104 valence electrons. The van der Waals surface area contributed by atoms with Crippen LogP contribution in [0.25, 0.3) is 0 Å². The molecule has 1 aromatic rings. The molecule has 2 bridgehead atoms. The number of rotatable bonds is 4. The van der Waals surface area contributed by atoms with Crippen LogP contribution in [0.15, 0.2) is 12.4 Å². The molecule has 2 aliphatic rings. The Balaban J connectivity index is 1.60. The highest BCUT2D eigenvalue weighted by Gasteiger charge is 2.44. The highest BCUT2D eigenvalue weighted by atomic mass is 16.5. The summed E-state index contributed by atoms with van der Waals surface area (Å²) in [6, 6.07) is 2.53. The van der Waals surface area contributed by atoms with E-state index in [0.29, 0.717) is 24.1 Å². The number of fused-ring (bicyclic) bond motifs is 2. The van der Waals surface area contributed by atoms with Gasteiger partial charge in [-0.05, 0) is 20.3 Å². The smallest absolute Gasteiger partial charge is 0.316 e. The molecular formula is C14H22N4O. The summed E-state index contributed by atoms with van der Waals surface area (Å²) in [6.45, 7) is 7.93. The standard InChI is InChI=1S/C14H22N4O/c1-10(2)17-8-12-4-13(9-17)18(12)7-11-5-15-14(19-3)16-6-11/h5-6,10,12-13H,4,7-9H2,1-3H3. The zero-order chi connectivity index (χ0) is 13.4. The SMILES string of the molecule is COc1ncc(CN2C3CC2CN(C(C)C)C3)cn1. The second-order valence-corrected chi connectivity index (χ2v) is 5.84. The average Bonchev–Trinajstić information content (AvgIpc) is 2.45. The number of piperidine rings is 1. The van der Waals surface area contributed by atoms with Crippen molar-refractivity contribution in [1.29, 1.82) is 0 Å². The van der Waals surface area contributed by atoms with Crippen molar-refractivity contribution < 1.29 is 4.74 Å². The summed E-state index contributed by atoms with van der Waals surface area (Å²) in [5.74, 6) is 0. The van der Waals surface area contributed by atoms with Crippen molar-refractivity contribution in [3.63, 3.8) is 0 Å². The van der Waals surface area contributed by atoms with Crippen LogP contribution in [0, 0.1) is 0 Å². The van der Waals surface area contributed by atoms with E-state index in [0.717, 1.165) is 6.54 Å². The topological polar surface area (TPSA) is 41.5 Å². The van der Waals surface area contributed by atoms with Gasteiger partial charge in [0.05, 0.1) is 7.11 Å². The van der Waals surface area contributed by atoms with Gasteiger partial charge in [0.15, 0.2) is 0 Å². The lowest BCUT2D eigenvalue weighted by Gasteiger charge is -2.57. The molecule has 5 heteroatoms. The van der Waals surface area contributed by atoms with Crippen LogP contribution >= 0.6 is 0 Å². The molecule has 0 amide bonds. The number of methoxy groups -OCH3 is 1. The normalized spacial score (nSPS) is 27.4. The summed E-state index contributed by atoms with van der Waals surface area (Å²) < 4.78 is 4.99. The van der Waals surface area contributed by atoms with Crippen molar-refractivity contribution in [2.45, 2.75) is 44.9 Å². The molecule has 1 aromatic heterocycles. The Morgan fingerprint density at radius 2 is 1.89 bits per heavy atom. The van der Waals surface area contributed by atoms with E-state index in [1.165, 1.54) is 25.1 Å². The highest BCUT2D eigenvalue weighted by Crippen LogP contribution is 2.34. The minimum absolute atomic E-state index is 0.443. The Labute approximate surface area is 114 Å². The zero-order valence-electron chi connectivity index (χ0n) is 11.9. The first kappa shape index (κ1) is 12.8. The fraction of sp³-hybridized carbons (Fsp3) is 0.714. The lowest BCUT2D eigenvalue weighted by molar-refractivity contribution is -0.0835. The highest BCUT2D eigenvalue weighted by molar-refractivity contribution is 5.11. The average molecular weight is 262 g/mol. The molecule has 2 saturated heterocycles. The Morgan fingerprint density at radius 3 is 2.42 bits per heavy atom. The molecule has 0 aliphatic carbocycles. The second kappa shape index (κ2) is 5.06. The van der Waals surface area contributed by atoms with Gasteiger partial charge in [-0.3, -0.25) is 9.80 Å². The van der Waals surface area contributed by atoms with Gasteiger partial charge in [0.25, 0.3) is 0 Å². The van der Waals surface area contributed by atoms with Crippen LogP contribution in [0.4, 0.5) is 0 Å². The molecule has 2 aliphatic heterocycles. The molecular weight excluding hydrogens is 240 g/mol. The van der Waals surface area contributed by atoms with Crippen LogP contribution in [-0.4, -0.2) is 58.1 Å². The van der Waals surface area contributed by atoms with Crippen LogP contribution in [0.5, 0.6) is 6.01 Å². The third kappa shape index (κ3) is 2.44. The van der Waals surface area contributed by atoms with E-state index in [1.807, 2.05) is 12.4 Å².